The number of alkyl halides is 6. The van der Waals surface area contributed by atoms with Gasteiger partial charge in [-0.1, -0.05) is 11.6 Å². The maximum atomic E-state index is 14.9. The van der Waals surface area contributed by atoms with Gasteiger partial charge in [-0.25, -0.2) is 4.39 Å². The molecule has 0 aliphatic heterocycles. The molecule has 6 nitrogen and oxygen atoms in total. The van der Waals surface area contributed by atoms with Gasteiger partial charge in [-0.3, -0.25) is 9.59 Å². The first-order valence-electron chi connectivity index (χ1n) is 9.50. The summed E-state index contributed by atoms with van der Waals surface area (Å²) in [6, 6.07) is 7.94. The number of rotatable bonds is 6. The average molecular weight is 537 g/mol. The summed E-state index contributed by atoms with van der Waals surface area (Å²) in [6.45, 7) is 0. The van der Waals surface area contributed by atoms with Gasteiger partial charge < -0.3 is 20.5 Å². The van der Waals surface area contributed by atoms with Crippen LogP contribution in [0.15, 0.2) is 54.6 Å². The van der Waals surface area contributed by atoms with Gasteiger partial charge in [0.15, 0.2) is 5.82 Å². The monoisotopic (exact) mass is 536 g/mol. The maximum absolute atomic E-state index is 14.9. The molecule has 3 aromatic carbocycles. The summed E-state index contributed by atoms with van der Waals surface area (Å²) in [7, 11) is 0. The van der Waals surface area contributed by atoms with Crippen LogP contribution < -0.4 is 20.5 Å². The van der Waals surface area contributed by atoms with Crippen molar-refractivity contribution in [2.24, 2.45) is 5.73 Å². The van der Waals surface area contributed by atoms with Gasteiger partial charge in [0.2, 0.25) is 5.91 Å². The number of halogens is 8. The third kappa shape index (κ3) is 6.36. The Hall–Kier alpha value is -4.00. The highest BCUT2D eigenvalue weighted by atomic mass is 35.5. The Kier molecular flexibility index (Phi) is 7.34. The van der Waals surface area contributed by atoms with Crippen LogP contribution in [-0.4, -0.2) is 18.2 Å². The fourth-order valence-electron chi connectivity index (χ4n) is 2.90. The van der Waals surface area contributed by atoms with E-state index in [1.54, 1.807) is 0 Å². The van der Waals surface area contributed by atoms with Crippen molar-refractivity contribution in [3.05, 3.63) is 82.1 Å². The molecule has 3 N–H and O–H groups in total. The number of hydrogen-bond donors (Lipinski definition) is 2. The zero-order valence-electron chi connectivity index (χ0n) is 17.4. The minimum absolute atomic E-state index is 0.0762. The lowest BCUT2D eigenvalue weighted by Gasteiger charge is -2.16. The Morgan fingerprint density at radius 2 is 1.50 bits per heavy atom. The van der Waals surface area contributed by atoms with E-state index in [-0.39, 0.29) is 22.0 Å². The molecule has 0 spiro atoms. The van der Waals surface area contributed by atoms with Crippen LogP contribution >= 0.6 is 11.6 Å². The first kappa shape index (κ1) is 26.6. The standard InChI is InChI=1S/C22H12ClF7N2O4/c23-15-7-1-10(9-13(15)19(31)33)32-20(34)17-16(8-6-14(18(17)24)21(25,26)27)35-11-2-4-12(5-3-11)36-22(28,29)30/h1-9H,(H2,31,33)(H,32,34). The van der Waals surface area contributed by atoms with E-state index < -0.39 is 52.8 Å². The molecule has 36 heavy (non-hydrogen) atoms. The number of benzene rings is 3. The van der Waals surface area contributed by atoms with Crippen molar-refractivity contribution in [3.8, 4) is 17.2 Å². The molecule has 190 valence electrons. The Balaban J connectivity index is 1.99. The topological polar surface area (TPSA) is 90.7 Å². The summed E-state index contributed by atoms with van der Waals surface area (Å²) in [5, 5.41) is 2.05. The number of anilines is 1. The summed E-state index contributed by atoms with van der Waals surface area (Å²) >= 11 is 5.81. The molecule has 2 amide bonds. The predicted molar refractivity (Wildman–Crippen MR) is 113 cm³/mol. The lowest BCUT2D eigenvalue weighted by atomic mass is 10.1. The van der Waals surface area contributed by atoms with Crippen LogP contribution in [0.1, 0.15) is 26.3 Å². The summed E-state index contributed by atoms with van der Waals surface area (Å²) in [5.41, 5.74) is 1.83. The summed E-state index contributed by atoms with van der Waals surface area (Å²) < 4.78 is 101. The Labute approximate surface area is 202 Å². The minimum atomic E-state index is -5.17. The van der Waals surface area contributed by atoms with Gasteiger partial charge >= 0.3 is 12.5 Å². The summed E-state index contributed by atoms with van der Waals surface area (Å²) in [6.07, 6.45) is -10.1. The van der Waals surface area contributed by atoms with Crippen LogP contribution in [0.5, 0.6) is 17.2 Å². The molecule has 0 saturated carbocycles. The molecule has 14 heteroatoms. The number of carbonyl (C=O) groups excluding carboxylic acids is 2. The molecule has 0 fully saturated rings. The molecule has 0 aliphatic carbocycles. The maximum Gasteiger partial charge on any atom is 0.573 e. The van der Waals surface area contributed by atoms with Gasteiger partial charge in [0.1, 0.15) is 22.8 Å². The second kappa shape index (κ2) is 9.93. The second-order valence-electron chi connectivity index (χ2n) is 6.93. The average Bonchev–Trinajstić information content (AvgIpc) is 2.74. The van der Waals surface area contributed by atoms with Gasteiger partial charge in [-0.15, -0.1) is 13.2 Å². The number of nitrogens with two attached hydrogens (primary N) is 1. The second-order valence-corrected chi connectivity index (χ2v) is 7.34. The van der Waals surface area contributed by atoms with E-state index in [0.717, 1.165) is 30.3 Å². The zero-order chi connectivity index (χ0) is 26.8. The molecule has 0 atom stereocenters. The van der Waals surface area contributed by atoms with Crippen LogP contribution in [0.2, 0.25) is 5.02 Å². The Morgan fingerprint density at radius 3 is 2.06 bits per heavy atom. The van der Waals surface area contributed by atoms with Crippen molar-refractivity contribution in [2.75, 3.05) is 5.32 Å². The van der Waals surface area contributed by atoms with Crippen LogP contribution in [0, 0.1) is 5.82 Å². The number of hydrogen-bond acceptors (Lipinski definition) is 4. The lowest BCUT2D eigenvalue weighted by Crippen LogP contribution is -2.19. The van der Waals surface area contributed by atoms with Gasteiger partial charge in [-0.2, -0.15) is 13.2 Å². The highest BCUT2D eigenvalue weighted by Crippen LogP contribution is 2.38. The van der Waals surface area contributed by atoms with Crippen molar-refractivity contribution in [1.29, 1.82) is 0 Å². The number of primary amides is 1. The van der Waals surface area contributed by atoms with Crippen LogP contribution in [0.3, 0.4) is 0 Å². The molecule has 3 rings (SSSR count). The zero-order valence-corrected chi connectivity index (χ0v) is 18.2. The van der Waals surface area contributed by atoms with E-state index >= 15 is 0 Å². The number of nitrogens with one attached hydrogen (secondary N) is 1. The van der Waals surface area contributed by atoms with E-state index in [4.69, 9.17) is 22.1 Å². The third-order valence-corrected chi connectivity index (χ3v) is 4.74. The molecule has 0 aromatic heterocycles. The molecule has 0 bridgehead atoms. The van der Waals surface area contributed by atoms with Gasteiger partial charge in [0.25, 0.3) is 5.91 Å². The predicted octanol–water partition coefficient (Wildman–Crippen LogP) is 6.54. The minimum Gasteiger partial charge on any atom is -0.456 e. The molecule has 0 saturated heterocycles. The van der Waals surface area contributed by atoms with Crippen molar-refractivity contribution in [2.45, 2.75) is 12.5 Å². The van der Waals surface area contributed by atoms with Crippen molar-refractivity contribution in [1.82, 2.24) is 0 Å². The molecule has 0 aliphatic rings. The number of ether oxygens (including phenoxy) is 2. The number of carbonyl (C=O) groups is 2. The van der Waals surface area contributed by atoms with Gasteiger partial charge in [0, 0.05) is 5.69 Å². The van der Waals surface area contributed by atoms with E-state index in [1.807, 2.05) is 0 Å². The smallest absolute Gasteiger partial charge is 0.456 e. The van der Waals surface area contributed by atoms with Crippen molar-refractivity contribution < 1.29 is 49.8 Å². The SMILES string of the molecule is NC(=O)c1cc(NC(=O)c2c(Oc3ccc(OC(F)(F)F)cc3)ccc(C(F)(F)F)c2F)ccc1Cl. The fraction of sp³-hybridized carbons (Fsp3) is 0.0909. The number of amides is 2. The molecular formula is C22H12ClF7N2O4. The van der Waals surface area contributed by atoms with Crippen molar-refractivity contribution >= 4 is 29.1 Å². The highest BCUT2D eigenvalue weighted by molar-refractivity contribution is 6.34. The summed E-state index contributed by atoms with van der Waals surface area (Å²) in [4.78, 5) is 24.3. The van der Waals surface area contributed by atoms with E-state index in [1.165, 1.54) is 12.1 Å². The Bertz CT molecular complexity index is 1310. The van der Waals surface area contributed by atoms with E-state index in [2.05, 4.69) is 10.1 Å². The van der Waals surface area contributed by atoms with Gasteiger partial charge in [-0.05, 0) is 54.6 Å². The lowest BCUT2D eigenvalue weighted by molar-refractivity contribution is -0.274. The van der Waals surface area contributed by atoms with E-state index in [0.29, 0.717) is 12.1 Å². The fourth-order valence-corrected chi connectivity index (χ4v) is 3.11. The quantitative estimate of drug-likeness (QED) is 0.350. The molecule has 0 unspecified atom stereocenters. The van der Waals surface area contributed by atoms with Crippen LogP contribution in [-0.2, 0) is 6.18 Å². The normalized spacial score (nSPS) is 11.7. The highest BCUT2D eigenvalue weighted by Gasteiger charge is 2.37. The van der Waals surface area contributed by atoms with Crippen LogP contribution in [0.4, 0.5) is 36.4 Å². The first-order valence-corrected chi connectivity index (χ1v) is 9.87. The van der Waals surface area contributed by atoms with Crippen LogP contribution in [0.25, 0.3) is 0 Å². The third-order valence-electron chi connectivity index (χ3n) is 4.41. The Morgan fingerprint density at radius 1 is 0.889 bits per heavy atom. The van der Waals surface area contributed by atoms with Crippen molar-refractivity contribution in [3.63, 3.8) is 0 Å². The van der Waals surface area contributed by atoms with E-state index in [9.17, 15) is 40.3 Å². The molecule has 3 aromatic rings. The first-order chi connectivity index (χ1) is 16.7. The molecule has 0 radical (unpaired) electrons. The summed E-state index contributed by atoms with van der Waals surface area (Å²) in [5.74, 6) is -5.91. The molecule has 0 heterocycles. The van der Waals surface area contributed by atoms with Gasteiger partial charge in [0.05, 0.1) is 16.1 Å². The largest absolute Gasteiger partial charge is 0.573 e. The molecular weight excluding hydrogens is 525 g/mol.